The maximum absolute atomic E-state index is 12.8. The highest BCUT2D eigenvalue weighted by Gasteiger charge is 2.20. The number of hydrogen-bond acceptors (Lipinski definition) is 5. The first-order valence-corrected chi connectivity index (χ1v) is 12.5. The number of carbonyl (C=O) groups is 2. The third-order valence-electron chi connectivity index (χ3n) is 5.60. The van der Waals surface area contributed by atoms with Crippen LogP contribution in [0, 0.1) is 0 Å². The van der Waals surface area contributed by atoms with Gasteiger partial charge in [-0.1, -0.05) is 54.4 Å². The third kappa shape index (κ3) is 5.87. The first kappa shape index (κ1) is 24.0. The number of para-hydroxylation sites is 1. The maximum Gasteiger partial charge on any atom is 0.253 e. The van der Waals surface area contributed by atoms with Crippen LogP contribution in [0.5, 0.6) is 0 Å². The molecule has 0 aliphatic heterocycles. The molecule has 1 aliphatic carbocycles. The van der Waals surface area contributed by atoms with E-state index in [2.05, 4.69) is 27.4 Å². The summed E-state index contributed by atoms with van der Waals surface area (Å²) in [5.41, 5.74) is 1.84. The van der Waals surface area contributed by atoms with E-state index in [1.165, 1.54) is 11.8 Å². The van der Waals surface area contributed by atoms with E-state index in [0.29, 0.717) is 33.8 Å². The highest BCUT2D eigenvalue weighted by Crippen LogP contribution is 2.26. The first-order valence-electron chi connectivity index (χ1n) is 11.2. The summed E-state index contributed by atoms with van der Waals surface area (Å²) in [5, 5.41) is 15.8. The molecule has 176 valence electrons. The van der Waals surface area contributed by atoms with E-state index < -0.39 is 0 Å². The first-order chi connectivity index (χ1) is 16.5. The minimum absolute atomic E-state index is 0.120. The molecule has 0 spiro atoms. The number of carbonyl (C=O) groups excluding carboxylic acids is 2. The average molecular weight is 496 g/mol. The van der Waals surface area contributed by atoms with Crippen LogP contribution in [-0.4, -0.2) is 38.4 Å². The lowest BCUT2D eigenvalue weighted by Gasteiger charge is -2.15. The number of nitrogens with one attached hydrogen (secondary N) is 2. The van der Waals surface area contributed by atoms with Crippen LogP contribution in [-0.2, 0) is 11.3 Å². The number of halogens is 1. The van der Waals surface area contributed by atoms with E-state index in [4.69, 9.17) is 11.6 Å². The number of thioether (sulfide) groups is 1. The van der Waals surface area contributed by atoms with Crippen molar-refractivity contribution in [3.63, 3.8) is 0 Å². The van der Waals surface area contributed by atoms with Crippen LogP contribution in [0.3, 0.4) is 0 Å². The van der Waals surface area contributed by atoms with Gasteiger partial charge in [-0.05, 0) is 49.2 Å². The number of amides is 2. The van der Waals surface area contributed by atoms with Gasteiger partial charge in [0, 0.05) is 23.2 Å². The molecule has 1 aliphatic rings. The zero-order valence-corrected chi connectivity index (χ0v) is 20.2. The molecular weight excluding hydrogens is 470 g/mol. The number of benzene rings is 2. The topological polar surface area (TPSA) is 88.9 Å². The SMILES string of the molecule is C=CCn1c(SCC(=O)Nc2ccccc2C(=O)NC2CCCC2)nnc1-c1ccc(Cl)cc1. The zero-order valence-electron chi connectivity index (χ0n) is 18.7. The van der Waals surface area contributed by atoms with Gasteiger partial charge in [-0.15, -0.1) is 16.8 Å². The summed E-state index contributed by atoms with van der Waals surface area (Å²) in [4.78, 5) is 25.5. The summed E-state index contributed by atoms with van der Waals surface area (Å²) in [6.45, 7) is 4.31. The lowest BCUT2D eigenvalue weighted by molar-refractivity contribution is -0.113. The molecule has 34 heavy (non-hydrogen) atoms. The molecule has 1 fully saturated rings. The van der Waals surface area contributed by atoms with Crippen molar-refractivity contribution in [2.75, 3.05) is 11.1 Å². The van der Waals surface area contributed by atoms with E-state index in [1.807, 2.05) is 16.7 Å². The number of aromatic nitrogens is 3. The summed E-state index contributed by atoms with van der Waals surface area (Å²) in [6, 6.07) is 14.6. The quantitative estimate of drug-likeness (QED) is 0.315. The van der Waals surface area contributed by atoms with Gasteiger partial charge in [0.15, 0.2) is 11.0 Å². The minimum Gasteiger partial charge on any atom is -0.349 e. The van der Waals surface area contributed by atoms with Crippen molar-refractivity contribution in [3.8, 4) is 11.4 Å². The monoisotopic (exact) mass is 495 g/mol. The lowest BCUT2D eigenvalue weighted by atomic mass is 10.1. The van der Waals surface area contributed by atoms with Crippen LogP contribution in [0.1, 0.15) is 36.0 Å². The lowest BCUT2D eigenvalue weighted by Crippen LogP contribution is -2.33. The van der Waals surface area contributed by atoms with E-state index in [-0.39, 0.29) is 23.6 Å². The van der Waals surface area contributed by atoms with E-state index in [0.717, 1.165) is 31.2 Å². The van der Waals surface area contributed by atoms with Gasteiger partial charge in [0.1, 0.15) is 0 Å². The standard InChI is InChI=1S/C25H26ClN5O2S/c1-2-15-31-23(17-11-13-18(26)14-12-17)29-30-25(31)34-16-22(32)28-21-10-6-5-9-20(21)24(33)27-19-7-3-4-8-19/h2,5-6,9-14,19H,1,3-4,7-8,15-16H2,(H,27,33)(H,28,32). The van der Waals surface area contributed by atoms with Gasteiger partial charge in [0.25, 0.3) is 5.91 Å². The normalized spacial score (nSPS) is 13.6. The smallest absolute Gasteiger partial charge is 0.253 e. The third-order valence-corrected chi connectivity index (χ3v) is 6.82. The molecule has 0 unspecified atom stereocenters. The van der Waals surface area contributed by atoms with Crippen molar-refractivity contribution in [2.45, 2.75) is 43.4 Å². The Morgan fingerprint density at radius 2 is 1.85 bits per heavy atom. The molecule has 2 amide bonds. The molecule has 1 saturated carbocycles. The molecule has 2 aromatic carbocycles. The molecule has 0 atom stereocenters. The van der Waals surface area contributed by atoms with Crippen molar-refractivity contribution in [2.24, 2.45) is 0 Å². The summed E-state index contributed by atoms with van der Waals surface area (Å²) in [6.07, 6.45) is 6.03. The van der Waals surface area contributed by atoms with Crippen LogP contribution >= 0.6 is 23.4 Å². The molecular formula is C25H26ClN5O2S. The Kier molecular flexibility index (Phi) is 8.03. The molecule has 1 aromatic heterocycles. The zero-order chi connectivity index (χ0) is 23.9. The van der Waals surface area contributed by atoms with Gasteiger partial charge in [-0.25, -0.2) is 0 Å². The predicted octanol–water partition coefficient (Wildman–Crippen LogP) is 5.19. The molecule has 7 nitrogen and oxygen atoms in total. The molecule has 4 rings (SSSR count). The molecule has 0 saturated heterocycles. The Bertz CT molecular complexity index is 1170. The fourth-order valence-corrected chi connectivity index (χ4v) is 4.82. The number of hydrogen-bond donors (Lipinski definition) is 2. The Morgan fingerprint density at radius 3 is 2.59 bits per heavy atom. The summed E-state index contributed by atoms with van der Waals surface area (Å²) in [5.74, 6) is 0.406. The van der Waals surface area contributed by atoms with Crippen molar-refractivity contribution < 1.29 is 9.59 Å². The molecule has 1 heterocycles. The minimum atomic E-state index is -0.229. The fraction of sp³-hybridized carbons (Fsp3) is 0.280. The van der Waals surface area contributed by atoms with E-state index >= 15 is 0 Å². The van der Waals surface area contributed by atoms with Crippen molar-refractivity contribution in [3.05, 3.63) is 71.8 Å². The number of allylic oxidation sites excluding steroid dienone is 1. The Balaban J connectivity index is 1.42. The second-order valence-corrected chi connectivity index (χ2v) is 9.43. The molecule has 2 N–H and O–H groups in total. The Labute approximate surface area is 208 Å². The predicted molar refractivity (Wildman–Crippen MR) is 136 cm³/mol. The number of nitrogens with zero attached hydrogens (tertiary/aromatic N) is 3. The number of rotatable bonds is 9. The van der Waals surface area contributed by atoms with Gasteiger partial charge >= 0.3 is 0 Å². The van der Waals surface area contributed by atoms with Gasteiger partial charge < -0.3 is 10.6 Å². The summed E-state index contributed by atoms with van der Waals surface area (Å²) >= 11 is 7.27. The Hall–Kier alpha value is -3.10. The van der Waals surface area contributed by atoms with Gasteiger partial charge in [-0.3, -0.25) is 14.2 Å². The largest absolute Gasteiger partial charge is 0.349 e. The fourth-order valence-electron chi connectivity index (χ4n) is 3.94. The summed E-state index contributed by atoms with van der Waals surface area (Å²) < 4.78 is 1.90. The van der Waals surface area contributed by atoms with Crippen molar-refractivity contribution >= 4 is 40.9 Å². The van der Waals surface area contributed by atoms with Crippen molar-refractivity contribution in [1.82, 2.24) is 20.1 Å². The number of anilines is 1. The summed E-state index contributed by atoms with van der Waals surface area (Å²) in [7, 11) is 0. The molecule has 9 heteroatoms. The molecule has 0 radical (unpaired) electrons. The Morgan fingerprint density at radius 1 is 1.12 bits per heavy atom. The van der Waals surface area contributed by atoms with E-state index in [1.54, 1.807) is 42.5 Å². The highest BCUT2D eigenvalue weighted by atomic mass is 35.5. The van der Waals surface area contributed by atoms with Crippen LogP contribution in [0.4, 0.5) is 5.69 Å². The second kappa shape index (κ2) is 11.4. The van der Waals surface area contributed by atoms with Crippen LogP contribution in [0.25, 0.3) is 11.4 Å². The van der Waals surface area contributed by atoms with Crippen LogP contribution in [0.2, 0.25) is 5.02 Å². The molecule has 0 bridgehead atoms. The van der Waals surface area contributed by atoms with E-state index in [9.17, 15) is 9.59 Å². The molecule has 3 aromatic rings. The van der Waals surface area contributed by atoms with Crippen LogP contribution < -0.4 is 10.6 Å². The maximum atomic E-state index is 12.8. The van der Waals surface area contributed by atoms with Gasteiger partial charge in [0.05, 0.1) is 17.0 Å². The van der Waals surface area contributed by atoms with Crippen molar-refractivity contribution in [1.29, 1.82) is 0 Å². The van der Waals surface area contributed by atoms with Gasteiger partial charge in [0.2, 0.25) is 5.91 Å². The highest BCUT2D eigenvalue weighted by molar-refractivity contribution is 7.99. The van der Waals surface area contributed by atoms with Crippen LogP contribution in [0.15, 0.2) is 66.3 Å². The van der Waals surface area contributed by atoms with Gasteiger partial charge in [-0.2, -0.15) is 0 Å². The average Bonchev–Trinajstić information content (AvgIpc) is 3.49. The second-order valence-electron chi connectivity index (χ2n) is 8.05.